The zero-order valence-electron chi connectivity index (χ0n) is 11.9. The average Bonchev–Trinajstić information content (AvgIpc) is 2.46. The number of aryl methyl sites for hydroxylation is 1. The number of hydrogen-bond donors (Lipinski definition) is 1. The van der Waals surface area contributed by atoms with E-state index in [1.165, 1.54) is 11.8 Å². The topological polar surface area (TPSA) is 63.4 Å². The summed E-state index contributed by atoms with van der Waals surface area (Å²) in [6.45, 7) is 0.842. The van der Waals surface area contributed by atoms with Crippen molar-refractivity contribution in [3.8, 4) is 0 Å². The van der Waals surface area contributed by atoms with Gasteiger partial charge in [-0.1, -0.05) is 24.3 Å². The van der Waals surface area contributed by atoms with Crippen molar-refractivity contribution < 1.29 is 8.42 Å². The van der Waals surface area contributed by atoms with E-state index in [9.17, 15) is 8.42 Å². The number of fused-ring (bicyclic) bond motifs is 1. The Morgan fingerprint density at radius 1 is 1.05 bits per heavy atom. The second-order valence-electron chi connectivity index (χ2n) is 5.35. The Morgan fingerprint density at radius 2 is 1.76 bits per heavy atom. The highest BCUT2D eigenvalue weighted by atomic mass is 32.2. The van der Waals surface area contributed by atoms with E-state index in [1.54, 1.807) is 12.1 Å². The van der Waals surface area contributed by atoms with Crippen LogP contribution in [0.5, 0.6) is 0 Å². The largest absolute Gasteiger partial charge is 0.396 e. The summed E-state index contributed by atoms with van der Waals surface area (Å²) < 4.78 is 23.7. The van der Waals surface area contributed by atoms with Gasteiger partial charge in [-0.05, 0) is 36.6 Å². The van der Waals surface area contributed by atoms with Gasteiger partial charge in [0.2, 0.25) is 0 Å². The SMILES string of the molecule is CS(=O)(=O)c1cccc(N2CCCc3ccccc32)c1N. The molecular formula is C16H18N2O2S. The van der Waals surface area contributed by atoms with Crippen LogP contribution in [-0.4, -0.2) is 21.2 Å². The summed E-state index contributed by atoms with van der Waals surface area (Å²) in [5.41, 5.74) is 9.62. The minimum atomic E-state index is -3.32. The van der Waals surface area contributed by atoms with Gasteiger partial charge in [-0.3, -0.25) is 0 Å². The van der Waals surface area contributed by atoms with E-state index in [0.29, 0.717) is 5.69 Å². The first-order valence-corrected chi connectivity index (χ1v) is 8.81. The lowest BCUT2D eigenvalue weighted by atomic mass is 10.0. The maximum atomic E-state index is 11.8. The second kappa shape index (κ2) is 5.07. The van der Waals surface area contributed by atoms with Crippen molar-refractivity contribution in [2.24, 2.45) is 0 Å². The van der Waals surface area contributed by atoms with Gasteiger partial charge < -0.3 is 10.6 Å². The van der Waals surface area contributed by atoms with Crippen molar-refractivity contribution >= 4 is 26.9 Å². The molecule has 1 aliphatic rings. The zero-order valence-corrected chi connectivity index (χ0v) is 12.7. The van der Waals surface area contributed by atoms with Gasteiger partial charge in [-0.15, -0.1) is 0 Å². The molecule has 2 aromatic rings. The Bertz CT molecular complexity index is 785. The molecule has 0 unspecified atom stereocenters. The van der Waals surface area contributed by atoms with Gasteiger partial charge in [-0.25, -0.2) is 8.42 Å². The number of sulfone groups is 1. The third-order valence-corrected chi connectivity index (χ3v) is 5.00. The molecule has 2 aromatic carbocycles. The molecule has 1 heterocycles. The van der Waals surface area contributed by atoms with Gasteiger partial charge in [0.15, 0.2) is 9.84 Å². The Hall–Kier alpha value is -2.01. The molecule has 4 nitrogen and oxygen atoms in total. The molecule has 0 spiro atoms. The van der Waals surface area contributed by atoms with Crippen molar-refractivity contribution in [2.45, 2.75) is 17.7 Å². The smallest absolute Gasteiger partial charge is 0.177 e. The maximum Gasteiger partial charge on any atom is 0.177 e. The standard InChI is InChI=1S/C16H18N2O2S/c1-21(19,20)15-10-4-9-14(16(15)17)18-11-5-7-12-6-2-3-8-13(12)18/h2-4,6,8-10H,5,7,11,17H2,1H3. The number of nitrogens with zero attached hydrogens (tertiary/aromatic N) is 1. The summed E-state index contributed by atoms with van der Waals surface area (Å²) in [7, 11) is -3.32. The molecule has 0 fully saturated rings. The number of rotatable bonds is 2. The van der Waals surface area contributed by atoms with Gasteiger partial charge >= 0.3 is 0 Å². The molecule has 5 heteroatoms. The minimum Gasteiger partial charge on any atom is -0.396 e. The van der Waals surface area contributed by atoms with E-state index in [2.05, 4.69) is 17.0 Å². The van der Waals surface area contributed by atoms with Crippen LogP contribution in [0.4, 0.5) is 17.1 Å². The van der Waals surface area contributed by atoms with E-state index >= 15 is 0 Å². The first kappa shape index (κ1) is 13.9. The molecule has 0 radical (unpaired) electrons. The van der Waals surface area contributed by atoms with E-state index in [-0.39, 0.29) is 4.90 Å². The van der Waals surface area contributed by atoms with Gasteiger partial charge in [0, 0.05) is 18.5 Å². The third-order valence-electron chi connectivity index (χ3n) is 3.84. The Kier molecular flexibility index (Phi) is 3.37. The summed E-state index contributed by atoms with van der Waals surface area (Å²) in [6.07, 6.45) is 3.25. The monoisotopic (exact) mass is 302 g/mol. The Morgan fingerprint density at radius 3 is 2.52 bits per heavy atom. The average molecular weight is 302 g/mol. The summed E-state index contributed by atoms with van der Waals surface area (Å²) in [5, 5.41) is 0. The summed E-state index contributed by atoms with van der Waals surface area (Å²) in [5.74, 6) is 0. The van der Waals surface area contributed by atoms with Crippen LogP contribution in [0.25, 0.3) is 0 Å². The number of benzene rings is 2. The third kappa shape index (κ3) is 2.49. The highest BCUT2D eigenvalue weighted by Gasteiger charge is 2.22. The molecular weight excluding hydrogens is 284 g/mol. The fraction of sp³-hybridized carbons (Fsp3) is 0.250. The maximum absolute atomic E-state index is 11.8. The first-order valence-electron chi connectivity index (χ1n) is 6.92. The zero-order chi connectivity index (χ0) is 15.0. The number of nitrogens with two attached hydrogens (primary N) is 1. The van der Waals surface area contributed by atoms with Gasteiger partial charge in [0.05, 0.1) is 16.3 Å². The molecule has 0 saturated heterocycles. The molecule has 21 heavy (non-hydrogen) atoms. The van der Waals surface area contributed by atoms with Crippen molar-refractivity contribution in [2.75, 3.05) is 23.4 Å². The summed E-state index contributed by atoms with van der Waals surface area (Å²) in [4.78, 5) is 2.31. The summed E-state index contributed by atoms with van der Waals surface area (Å²) >= 11 is 0. The van der Waals surface area contributed by atoms with E-state index in [0.717, 1.165) is 30.8 Å². The number of anilines is 3. The van der Waals surface area contributed by atoms with E-state index in [4.69, 9.17) is 5.73 Å². The van der Waals surface area contributed by atoms with Crippen molar-refractivity contribution in [1.29, 1.82) is 0 Å². The Balaban J connectivity index is 2.15. The molecule has 0 aliphatic carbocycles. The van der Waals surface area contributed by atoms with Crippen molar-refractivity contribution in [3.05, 3.63) is 48.0 Å². The summed E-state index contributed by atoms with van der Waals surface area (Å²) in [6, 6.07) is 13.4. The normalized spacial score (nSPS) is 14.8. The molecule has 3 rings (SSSR count). The molecule has 110 valence electrons. The lowest BCUT2D eigenvalue weighted by Gasteiger charge is -2.32. The van der Waals surface area contributed by atoms with Gasteiger partial charge in [0.1, 0.15) is 0 Å². The van der Waals surface area contributed by atoms with Gasteiger partial charge in [-0.2, -0.15) is 0 Å². The van der Waals surface area contributed by atoms with E-state index < -0.39 is 9.84 Å². The van der Waals surface area contributed by atoms with Crippen LogP contribution >= 0.6 is 0 Å². The quantitative estimate of drug-likeness (QED) is 0.866. The minimum absolute atomic E-state index is 0.197. The van der Waals surface area contributed by atoms with Crippen LogP contribution < -0.4 is 10.6 Å². The Labute approximate surface area is 125 Å². The van der Waals surface area contributed by atoms with Crippen molar-refractivity contribution in [3.63, 3.8) is 0 Å². The lowest BCUT2D eigenvalue weighted by molar-refractivity contribution is 0.602. The van der Waals surface area contributed by atoms with Crippen LogP contribution in [0.2, 0.25) is 0 Å². The number of para-hydroxylation sites is 2. The lowest BCUT2D eigenvalue weighted by Crippen LogP contribution is -2.25. The van der Waals surface area contributed by atoms with Crippen LogP contribution in [-0.2, 0) is 16.3 Å². The molecule has 0 amide bonds. The predicted octanol–water partition coefficient (Wildman–Crippen LogP) is 2.76. The second-order valence-corrected chi connectivity index (χ2v) is 7.33. The number of nitrogen functional groups attached to an aromatic ring is 1. The van der Waals surface area contributed by atoms with Crippen LogP contribution in [0, 0.1) is 0 Å². The molecule has 0 atom stereocenters. The van der Waals surface area contributed by atoms with Crippen LogP contribution in [0.15, 0.2) is 47.4 Å². The molecule has 0 saturated carbocycles. The molecule has 2 N–H and O–H groups in total. The molecule has 0 aromatic heterocycles. The number of hydrogen-bond acceptors (Lipinski definition) is 4. The van der Waals surface area contributed by atoms with Crippen LogP contribution in [0.3, 0.4) is 0 Å². The molecule has 1 aliphatic heterocycles. The highest BCUT2D eigenvalue weighted by Crippen LogP contribution is 2.38. The molecule has 0 bridgehead atoms. The van der Waals surface area contributed by atoms with Gasteiger partial charge in [0.25, 0.3) is 0 Å². The predicted molar refractivity (Wildman–Crippen MR) is 85.7 cm³/mol. The fourth-order valence-corrected chi connectivity index (χ4v) is 3.70. The fourth-order valence-electron chi connectivity index (χ4n) is 2.87. The van der Waals surface area contributed by atoms with Crippen molar-refractivity contribution in [1.82, 2.24) is 0 Å². The van der Waals surface area contributed by atoms with Crippen LogP contribution in [0.1, 0.15) is 12.0 Å². The first-order chi connectivity index (χ1) is 9.98. The highest BCUT2D eigenvalue weighted by molar-refractivity contribution is 7.90. The van der Waals surface area contributed by atoms with E-state index in [1.807, 2.05) is 18.2 Å².